The maximum Gasteiger partial charge on any atom is 0.410 e. The van der Waals surface area contributed by atoms with Crippen molar-refractivity contribution in [3.05, 3.63) is 34.7 Å². The number of ether oxygens (including phenoxy) is 2. The van der Waals surface area contributed by atoms with E-state index < -0.39 is 5.60 Å². The van der Waals surface area contributed by atoms with Crippen molar-refractivity contribution in [1.82, 2.24) is 24.3 Å². The van der Waals surface area contributed by atoms with Gasteiger partial charge < -0.3 is 14.4 Å². The molecule has 8 nitrogen and oxygen atoms in total. The highest BCUT2D eigenvalue weighted by Gasteiger charge is 2.29. The van der Waals surface area contributed by atoms with E-state index in [1.807, 2.05) is 44.6 Å². The molecule has 0 atom stereocenters. The highest BCUT2D eigenvalue weighted by Crippen LogP contribution is 2.34. The Morgan fingerprint density at radius 1 is 1.28 bits per heavy atom. The molecule has 1 aliphatic rings. The molecule has 1 aliphatic heterocycles. The molecule has 0 unspecified atom stereocenters. The van der Waals surface area contributed by atoms with E-state index in [1.165, 1.54) is 0 Å². The summed E-state index contributed by atoms with van der Waals surface area (Å²) in [4.78, 5) is 14.2. The second-order valence-corrected chi connectivity index (χ2v) is 8.54. The van der Waals surface area contributed by atoms with Crippen LogP contribution in [0.25, 0.3) is 16.8 Å². The first-order valence-electron chi connectivity index (χ1n) is 9.43. The Hall–Kier alpha value is -2.74. The van der Waals surface area contributed by atoms with Crippen molar-refractivity contribution >= 4 is 23.2 Å². The lowest BCUT2D eigenvalue weighted by Crippen LogP contribution is -2.41. The van der Waals surface area contributed by atoms with Crippen LogP contribution in [-0.4, -0.2) is 49.6 Å². The normalized spacial score (nSPS) is 14.2. The summed E-state index contributed by atoms with van der Waals surface area (Å²) >= 11 is 6.23. The minimum Gasteiger partial charge on any atom is -0.494 e. The molecule has 0 spiro atoms. The zero-order valence-corrected chi connectivity index (χ0v) is 17.9. The van der Waals surface area contributed by atoms with Gasteiger partial charge in [-0.3, -0.25) is 4.68 Å². The van der Waals surface area contributed by atoms with Crippen LogP contribution >= 0.6 is 11.6 Å². The summed E-state index contributed by atoms with van der Waals surface area (Å²) in [5.74, 6) is 0.630. The first-order valence-corrected chi connectivity index (χ1v) is 9.81. The predicted molar refractivity (Wildman–Crippen MR) is 109 cm³/mol. The molecule has 0 radical (unpaired) electrons. The highest BCUT2D eigenvalue weighted by atomic mass is 35.5. The minimum absolute atomic E-state index is 0.305. The van der Waals surface area contributed by atoms with Crippen LogP contribution in [0.3, 0.4) is 0 Å². The molecule has 1 amide bonds. The van der Waals surface area contributed by atoms with Crippen molar-refractivity contribution in [3.8, 4) is 17.0 Å². The van der Waals surface area contributed by atoms with Crippen molar-refractivity contribution in [2.45, 2.75) is 46.4 Å². The average Bonchev–Trinajstić information content (AvgIpc) is 3.20. The van der Waals surface area contributed by atoms with Crippen molar-refractivity contribution in [3.63, 3.8) is 0 Å². The number of carbonyl (C=O) groups excluding carboxylic acids is 1. The van der Waals surface area contributed by atoms with Crippen LogP contribution in [0.1, 0.15) is 32.0 Å². The second-order valence-electron chi connectivity index (χ2n) is 8.13. The van der Waals surface area contributed by atoms with E-state index in [-0.39, 0.29) is 6.09 Å². The van der Waals surface area contributed by atoms with Gasteiger partial charge >= 0.3 is 6.09 Å². The summed E-state index contributed by atoms with van der Waals surface area (Å²) in [6.45, 7) is 9.25. The number of amides is 1. The molecule has 0 aliphatic carbocycles. The number of aromatic nitrogens is 4. The van der Waals surface area contributed by atoms with Gasteiger partial charge in [-0.05, 0) is 33.8 Å². The van der Waals surface area contributed by atoms with Gasteiger partial charge in [0.1, 0.15) is 16.9 Å². The van der Waals surface area contributed by atoms with Gasteiger partial charge in [0.2, 0.25) is 0 Å². The van der Waals surface area contributed by atoms with Crippen LogP contribution in [-0.2, 0) is 17.8 Å². The molecule has 29 heavy (non-hydrogen) atoms. The Labute approximate surface area is 173 Å². The van der Waals surface area contributed by atoms with Crippen LogP contribution in [0.4, 0.5) is 4.79 Å². The Balaban J connectivity index is 1.69. The number of pyridine rings is 1. The summed E-state index contributed by atoms with van der Waals surface area (Å²) < 4.78 is 14.7. The van der Waals surface area contributed by atoms with E-state index in [0.29, 0.717) is 30.4 Å². The first kappa shape index (κ1) is 19.6. The van der Waals surface area contributed by atoms with Gasteiger partial charge in [0.25, 0.3) is 0 Å². The fourth-order valence-electron chi connectivity index (χ4n) is 3.54. The van der Waals surface area contributed by atoms with E-state index in [9.17, 15) is 4.79 Å². The minimum atomic E-state index is -0.522. The Morgan fingerprint density at radius 3 is 2.72 bits per heavy atom. The molecule has 3 aromatic heterocycles. The first-order chi connectivity index (χ1) is 13.7. The largest absolute Gasteiger partial charge is 0.494 e. The lowest BCUT2D eigenvalue weighted by Gasteiger charge is -2.30. The van der Waals surface area contributed by atoms with Gasteiger partial charge in [0.05, 0.1) is 42.8 Å². The molecule has 0 aromatic carbocycles. The molecule has 154 valence electrons. The van der Waals surface area contributed by atoms with Crippen molar-refractivity contribution in [2.24, 2.45) is 0 Å². The predicted octanol–water partition coefficient (Wildman–Crippen LogP) is 3.92. The SMILES string of the molecule is COc1cc(-c2nn3c(c2C)CN(C(=O)OC(C)(C)C)CC3)cn2ncc(Cl)c12. The van der Waals surface area contributed by atoms with E-state index in [4.69, 9.17) is 26.2 Å². The molecule has 4 heterocycles. The van der Waals surface area contributed by atoms with Crippen LogP contribution < -0.4 is 4.74 Å². The quantitative estimate of drug-likeness (QED) is 0.631. The molecule has 0 fully saturated rings. The van der Waals surface area contributed by atoms with Crippen molar-refractivity contribution in [1.29, 1.82) is 0 Å². The zero-order chi connectivity index (χ0) is 20.9. The van der Waals surface area contributed by atoms with Gasteiger partial charge in [-0.1, -0.05) is 11.6 Å². The fraction of sp³-hybridized carbons (Fsp3) is 0.450. The maximum atomic E-state index is 12.5. The van der Waals surface area contributed by atoms with Crippen LogP contribution in [0.15, 0.2) is 18.5 Å². The smallest absolute Gasteiger partial charge is 0.410 e. The Kier molecular flexibility index (Phi) is 4.69. The fourth-order valence-corrected chi connectivity index (χ4v) is 3.76. The van der Waals surface area contributed by atoms with E-state index in [1.54, 1.807) is 22.7 Å². The number of methoxy groups -OCH3 is 1. The Bertz CT molecular complexity index is 1100. The van der Waals surface area contributed by atoms with Gasteiger partial charge in [0, 0.05) is 23.9 Å². The second kappa shape index (κ2) is 6.95. The maximum absolute atomic E-state index is 12.5. The zero-order valence-electron chi connectivity index (χ0n) is 17.2. The van der Waals surface area contributed by atoms with Crippen LogP contribution in [0.5, 0.6) is 5.75 Å². The van der Waals surface area contributed by atoms with Crippen molar-refractivity contribution in [2.75, 3.05) is 13.7 Å². The lowest BCUT2D eigenvalue weighted by atomic mass is 10.1. The molecular weight excluding hydrogens is 394 g/mol. The van der Waals surface area contributed by atoms with E-state index >= 15 is 0 Å². The molecule has 4 rings (SSSR count). The Morgan fingerprint density at radius 2 is 2.03 bits per heavy atom. The molecule has 0 N–H and O–H groups in total. The van der Waals surface area contributed by atoms with Crippen LogP contribution in [0, 0.1) is 6.92 Å². The summed E-state index contributed by atoms with van der Waals surface area (Å²) in [5.41, 5.74) is 3.91. The van der Waals surface area contributed by atoms with Gasteiger partial charge in [0.15, 0.2) is 0 Å². The molecule has 9 heteroatoms. The van der Waals surface area contributed by atoms with Gasteiger partial charge in [-0.15, -0.1) is 0 Å². The lowest BCUT2D eigenvalue weighted by molar-refractivity contribution is 0.0194. The number of carbonyl (C=O) groups is 1. The molecule has 3 aromatic rings. The monoisotopic (exact) mass is 417 g/mol. The highest BCUT2D eigenvalue weighted by molar-refractivity contribution is 6.34. The molecule has 0 saturated carbocycles. The summed E-state index contributed by atoms with van der Waals surface area (Å²) in [7, 11) is 1.60. The van der Waals surface area contributed by atoms with Crippen LogP contribution in [0.2, 0.25) is 5.02 Å². The summed E-state index contributed by atoms with van der Waals surface area (Å²) in [5, 5.41) is 9.61. The number of halogens is 1. The third-order valence-electron chi connectivity index (χ3n) is 4.92. The number of nitrogens with zero attached hydrogens (tertiary/aromatic N) is 5. The number of fused-ring (bicyclic) bond motifs is 2. The number of hydrogen-bond donors (Lipinski definition) is 0. The third kappa shape index (κ3) is 3.53. The standard InChI is InChI=1S/C20H24ClN5O3/c1-12-15-11-24(19(27)29-20(2,3)4)6-7-25(15)23-17(12)13-8-16(28-5)18-14(21)9-22-26(18)10-13/h8-10H,6-7,11H2,1-5H3. The third-order valence-corrected chi connectivity index (χ3v) is 5.20. The van der Waals surface area contributed by atoms with Gasteiger partial charge in [-0.2, -0.15) is 10.2 Å². The summed E-state index contributed by atoms with van der Waals surface area (Å²) in [6, 6.07) is 1.91. The summed E-state index contributed by atoms with van der Waals surface area (Å²) in [6.07, 6.45) is 3.17. The topological polar surface area (TPSA) is 73.9 Å². The molecule has 0 saturated heterocycles. The average molecular weight is 418 g/mol. The van der Waals surface area contributed by atoms with Gasteiger partial charge in [-0.25, -0.2) is 9.31 Å². The number of hydrogen-bond acceptors (Lipinski definition) is 5. The number of rotatable bonds is 2. The molecule has 0 bridgehead atoms. The van der Waals surface area contributed by atoms with E-state index in [0.717, 1.165) is 28.0 Å². The van der Waals surface area contributed by atoms with E-state index in [2.05, 4.69) is 5.10 Å². The van der Waals surface area contributed by atoms with Crippen molar-refractivity contribution < 1.29 is 14.3 Å². The molecular formula is C20H24ClN5O3.